The van der Waals surface area contributed by atoms with Crippen molar-refractivity contribution < 1.29 is 14.7 Å². The van der Waals surface area contributed by atoms with E-state index in [0.29, 0.717) is 12.2 Å². The van der Waals surface area contributed by atoms with Crippen molar-refractivity contribution in [2.24, 2.45) is 11.8 Å². The number of carboxylic acids is 1. The highest BCUT2D eigenvalue weighted by Gasteiger charge is 2.37. The van der Waals surface area contributed by atoms with Crippen molar-refractivity contribution in [1.82, 2.24) is 9.88 Å². The Labute approximate surface area is 138 Å². The largest absolute Gasteiger partial charge is 0.481 e. The fraction of sp³-hybridized carbons (Fsp3) is 0.353. The summed E-state index contributed by atoms with van der Waals surface area (Å²) in [5.41, 5.74) is 2.53. The fourth-order valence-corrected chi connectivity index (χ4v) is 3.81. The molecule has 0 unspecified atom stereocenters. The van der Waals surface area contributed by atoms with Crippen molar-refractivity contribution in [3.63, 3.8) is 0 Å². The standard InChI is InChI=1S/C17H18N2O3S/c1-10-5-3-4-6-12(10)15-18-14(9-23-15)16(20)19-7-11(2)13(8-19)17(21)22/h3-6,9,11,13H,7-8H2,1-2H3,(H,21,22)/t11-,13-/m1/s1. The normalized spacial score (nSPS) is 20.7. The smallest absolute Gasteiger partial charge is 0.308 e. The number of aliphatic carboxylic acids is 1. The summed E-state index contributed by atoms with van der Waals surface area (Å²) in [6.45, 7) is 4.60. The molecule has 3 rings (SSSR count). The molecule has 1 aromatic carbocycles. The highest BCUT2D eigenvalue weighted by atomic mass is 32.1. The summed E-state index contributed by atoms with van der Waals surface area (Å²) >= 11 is 1.44. The molecule has 1 saturated heterocycles. The molecule has 1 amide bonds. The maximum absolute atomic E-state index is 12.6. The van der Waals surface area contributed by atoms with Crippen molar-refractivity contribution in [2.45, 2.75) is 13.8 Å². The zero-order chi connectivity index (χ0) is 16.6. The number of carboxylic acid groups (broad SMARTS) is 1. The highest BCUT2D eigenvalue weighted by Crippen LogP contribution is 2.29. The third-order valence-electron chi connectivity index (χ3n) is 4.32. The van der Waals surface area contributed by atoms with E-state index in [-0.39, 0.29) is 18.4 Å². The molecule has 1 aromatic heterocycles. The van der Waals surface area contributed by atoms with Gasteiger partial charge in [-0.05, 0) is 18.4 Å². The molecule has 120 valence electrons. The number of amides is 1. The maximum Gasteiger partial charge on any atom is 0.308 e. The lowest BCUT2D eigenvalue weighted by Gasteiger charge is -2.14. The van der Waals surface area contributed by atoms with Gasteiger partial charge in [-0.1, -0.05) is 31.2 Å². The van der Waals surface area contributed by atoms with Gasteiger partial charge in [-0.3, -0.25) is 9.59 Å². The molecular formula is C17H18N2O3S. The number of aryl methyl sites for hydroxylation is 1. The van der Waals surface area contributed by atoms with E-state index in [1.807, 2.05) is 38.1 Å². The Hall–Kier alpha value is -2.21. The molecule has 1 aliphatic heterocycles. The maximum atomic E-state index is 12.6. The number of hydrogen-bond donors (Lipinski definition) is 1. The van der Waals surface area contributed by atoms with Crippen molar-refractivity contribution in [1.29, 1.82) is 0 Å². The second kappa shape index (κ2) is 6.12. The van der Waals surface area contributed by atoms with Crippen LogP contribution < -0.4 is 0 Å². The number of nitrogens with zero attached hydrogens (tertiary/aromatic N) is 2. The van der Waals surface area contributed by atoms with Crippen molar-refractivity contribution in [3.8, 4) is 10.6 Å². The van der Waals surface area contributed by atoms with Gasteiger partial charge in [0.1, 0.15) is 10.7 Å². The minimum absolute atomic E-state index is 0.0362. The molecular weight excluding hydrogens is 312 g/mol. The number of carbonyl (C=O) groups is 2. The summed E-state index contributed by atoms with van der Waals surface area (Å²) in [5, 5.41) is 11.8. The number of hydrogen-bond acceptors (Lipinski definition) is 4. The molecule has 6 heteroatoms. The third-order valence-corrected chi connectivity index (χ3v) is 5.19. The average Bonchev–Trinajstić information content (AvgIpc) is 3.14. The molecule has 2 atom stereocenters. The van der Waals surface area contributed by atoms with Gasteiger partial charge in [-0.15, -0.1) is 11.3 Å². The van der Waals surface area contributed by atoms with Crippen LogP contribution in [0.15, 0.2) is 29.6 Å². The van der Waals surface area contributed by atoms with Gasteiger partial charge < -0.3 is 10.0 Å². The van der Waals surface area contributed by atoms with Gasteiger partial charge >= 0.3 is 5.97 Å². The van der Waals surface area contributed by atoms with Crippen molar-refractivity contribution >= 4 is 23.2 Å². The molecule has 1 aliphatic rings. The van der Waals surface area contributed by atoms with Crippen LogP contribution in [0.1, 0.15) is 23.0 Å². The third kappa shape index (κ3) is 2.99. The second-order valence-electron chi connectivity index (χ2n) is 5.98. The predicted molar refractivity (Wildman–Crippen MR) is 88.5 cm³/mol. The monoisotopic (exact) mass is 330 g/mol. The first-order chi connectivity index (χ1) is 11.0. The van der Waals surface area contributed by atoms with Crippen molar-refractivity contribution in [2.75, 3.05) is 13.1 Å². The Morgan fingerprint density at radius 1 is 1.30 bits per heavy atom. The lowest BCUT2D eigenvalue weighted by molar-refractivity contribution is -0.142. The summed E-state index contributed by atoms with van der Waals surface area (Å²) in [5.74, 6) is -1.55. The fourth-order valence-electron chi connectivity index (χ4n) is 2.92. The average molecular weight is 330 g/mol. The summed E-state index contributed by atoms with van der Waals surface area (Å²) in [4.78, 5) is 29.8. The van der Waals surface area contributed by atoms with E-state index in [2.05, 4.69) is 4.98 Å². The van der Waals surface area contributed by atoms with E-state index in [0.717, 1.165) is 16.1 Å². The Morgan fingerprint density at radius 2 is 2.04 bits per heavy atom. The van der Waals surface area contributed by atoms with E-state index >= 15 is 0 Å². The Balaban J connectivity index is 1.80. The molecule has 1 fully saturated rings. The van der Waals surface area contributed by atoms with E-state index in [1.54, 1.807) is 10.3 Å². The van der Waals surface area contributed by atoms with Crippen LogP contribution in [-0.2, 0) is 4.79 Å². The number of rotatable bonds is 3. The Kier molecular flexibility index (Phi) is 4.17. The summed E-state index contributed by atoms with van der Waals surface area (Å²) in [7, 11) is 0. The van der Waals surface area contributed by atoms with Gasteiger partial charge in [0, 0.05) is 24.0 Å². The van der Waals surface area contributed by atoms with Gasteiger partial charge in [0.05, 0.1) is 5.92 Å². The number of thiazole rings is 1. The molecule has 2 heterocycles. The van der Waals surface area contributed by atoms with E-state index in [4.69, 9.17) is 0 Å². The number of carbonyl (C=O) groups excluding carboxylic acids is 1. The van der Waals surface area contributed by atoms with E-state index < -0.39 is 11.9 Å². The molecule has 0 aliphatic carbocycles. The predicted octanol–water partition coefficient (Wildman–Crippen LogP) is 2.91. The first-order valence-electron chi connectivity index (χ1n) is 7.51. The van der Waals surface area contributed by atoms with Crippen LogP contribution in [0, 0.1) is 18.8 Å². The van der Waals surface area contributed by atoms with Crippen LogP contribution in [0.2, 0.25) is 0 Å². The van der Waals surface area contributed by atoms with Gasteiger partial charge in [0.15, 0.2) is 0 Å². The minimum Gasteiger partial charge on any atom is -0.481 e. The van der Waals surface area contributed by atoms with Crippen LogP contribution in [0.5, 0.6) is 0 Å². The van der Waals surface area contributed by atoms with E-state index in [9.17, 15) is 14.7 Å². The summed E-state index contributed by atoms with van der Waals surface area (Å²) in [6.07, 6.45) is 0. The molecule has 23 heavy (non-hydrogen) atoms. The Morgan fingerprint density at radius 3 is 2.70 bits per heavy atom. The zero-order valence-corrected chi connectivity index (χ0v) is 13.8. The summed E-state index contributed by atoms with van der Waals surface area (Å²) in [6, 6.07) is 7.92. The number of likely N-dealkylation sites (tertiary alicyclic amines) is 1. The molecule has 5 nitrogen and oxygen atoms in total. The van der Waals surface area contributed by atoms with Crippen LogP contribution in [0.3, 0.4) is 0 Å². The quantitative estimate of drug-likeness (QED) is 0.939. The first kappa shape index (κ1) is 15.7. The van der Waals surface area contributed by atoms with Crippen LogP contribution in [-0.4, -0.2) is 40.0 Å². The summed E-state index contributed by atoms with van der Waals surface area (Å²) < 4.78 is 0. The van der Waals surface area contributed by atoms with Crippen LogP contribution in [0.25, 0.3) is 10.6 Å². The number of benzene rings is 1. The van der Waals surface area contributed by atoms with Crippen LogP contribution in [0.4, 0.5) is 0 Å². The van der Waals surface area contributed by atoms with E-state index in [1.165, 1.54) is 11.3 Å². The first-order valence-corrected chi connectivity index (χ1v) is 8.39. The van der Waals surface area contributed by atoms with Gasteiger partial charge in [0.25, 0.3) is 5.91 Å². The zero-order valence-electron chi connectivity index (χ0n) is 13.0. The Bertz CT molecular complexity index is 756. The molecule has 0 bridgehead atoms. The lowest BCUT2D eigenvalue weighted by Crippen LogP contribution is -2.30. The van der Waals surface area contributed by atoms with Crippen molar-refractivity contribution in [3.05, 3.63) is 40.9 Å². The SMILES string of the molecule is Cc1ccccc1-c1nc(C(=O)N2C[C@@H](C)[C@H](C(=O)O)C2)cs1. The topological polar surface area (TPSA) is 70.5 Å². The molecule has 0 radical (unpaired) electrons. The molecule has 0 saturated carbocycles. The van der Waals surface area contributed by atoms with Gasteiger partial charge in [0.2, 0.25) is 0 Å². The highest BCUT2D eigenvalue weighted by molar-refractivity contribution is 7.13. The lowest BCUT2D eigenvalue weighted by atomic mass is 9.99. The van der Waals surface area contributed by atoms with Crippen LogP contribution >= 0.6 is 11.3 Å². The molecule has 0 spiro atoms. The molecule has 2 aromatic rings. The van der Waals surface area contributed by atoms with Gasteiger partial charge in [-0.25, -0.2) is 4.98 Å². The number of aromatic nitrogens is 1. The second-order valence-corrected chi connectivity index (χ2v) is 6.84. The minimum atomic E-state index is -0.841. The van der Waals surface area contributed by atoms with Gasteiger partial charge in [-0.2, -0.15) is 0 Å². The molecule has 1 N–H and O–H groups in total.